The average Bonchev–Trinajstić information content (AvgIpc) is 2.41. The summed E-state index contributed by atoms with van der Waals surface area (Å²) >= 11 is 0. The van der Waals surface area contributed by atoms with Crippen molar-refractivity contribution in [2.75, 3.05) is 13.1 Å². The first-order valence-electron chi connectivity index (χ1n) is 7.61. The van der Waals surface area contributed by atoms with Crippen LogP contribution in [0.1, 0.15) is 50.3 Å². The van der Waals surface area contributed by atoms with Crippen LogP contribution in [0.25, 0.3) is 0 Å². The van der Waals surface area contributed by atoms with Gasteiger partial charge in [-0.1, -0.05) is 38.1 Å². The Hall–Kier alpha value is -1.35. The predicted molar refractivity (Wildman–Crippen MR) is 80.4 cm³/mol. The van der Waals surface area contributed by atoms with Gasteiger partial charge in [0, 0.05) is 13.0 Å². The maximum absolute atomic E-state index is 11.8. The topological polar surface area (TPSA) is 40.5 Å². The van der Waals surface area contributed by atoms with Crippen LogP contribution in [0.2, 0.25) is 0 Å². The van der Waals surface area contributed by atoms with Crippen molar-refractivity contribution < 1.29 is 9.90 Å². The van der Waals surface area contributed by atoms with Crippen molar-refractivity contribution in [3.05, 3.63) is 35.4 Å². The van der Waals surface area contributed by atoms with Crippen molar-refractivity contribution >= 4 is 5.91 Å². The fraction of sp³-hybridized carbons (Fsp3) is 0.588. The number of aliphatic hydroxyl groups excluding tert-OH is 1. The van der Waals surface area contributed by atoms with Gasteiger partial charge in [-0.15, -0.1) is 0 Å². The first kappa shape index (κ1) is 15.0. The van der Waals surface area contributed by atoms with Gasteiger partial charge in [-0.3, -0.25) is 4.79 Å². The van der Waals surface area contributed by atoms with E-state index in [2.05, 4.69) is 26.0 Å². The molecule has 0 aliphatic carbocycles. The zero-order valence-corrected chi connectivity index (χ0v) is 12.5. The zero-order valence-electron chi connectivity index (χ0n) is 12.5. The Morgan fingerprint density at radius 2 is 1.90 bits per heavy atom. The summed E-state index contributed by atoms with van der Waals surface area (Å²) in [5.74, 6) is 0.809. The first-order valence-corrected chi connectivity index (χ1v) is 7.61. The molecule has 0 radical (unpaired) electrons. The Bertz CT molecular complexity index is 439. The molecule has 1 unspecified atom stereocenters. The van der Waals surface area contributed by atoms with Crippen LogP contribution in [0.15, 0.2) is 24.3 Å². The van der Waals surface area contributed by atoms with Crippen LogP contribution in [0.5, 0.6) is 0 Å². The minimum Gasteiger partial charge on any atom is -0.387 e. The van der Waals surface area contributed by atoms with E-state index >= 15 is 0 Å². The third-order valence-electron chi connectivity index (χ3n) is 3.82. The smallest absolute Gasteiger partial charge is 0.222 e. The van der Waals surface area contributed by atoms with E-state index < -0.39 is 6.10 Å². The van der Waals surface area contributed by atoms with Crippen LogP contribution in [0.4, 0.5) is 0 Å². The average molecular weight is 275 g/mol. The van der Waals surface area contributed by atoms with Crippen molar-refractivity contribution in [3.8, 4) is 0 Å². The maximum Gasteiger partial charge on any atom is 0.222 e. The van der Waals surface area contributed by atoms with Gasteiger partial charge in [-0.05, 0) is 36.3 Å². The Morgan fingerprint density at radius 3 is 2.50 bits per heavy atom. The number of aliphatic hydroxyl groups is 1. The van der Waals surface area contributed by atoms with E-state index in [1.165, 1.54) is 5.56 Å². The highest BCUT2D eigenvalue weighted by Gasteiger charge is 2.21. The summed E-state index contributed by atoms with van der Waals surface area (Å²) in [5, 5.41) is 10.3. The zero-order chi connectivity index (χ0) is 14.5. The second-order valence-corrected chi connectivity index (χ2v) is 6.15. The van der Waals surface area contributed by atoms with Crippen molar-refractivity contribution in [1.29, 1.82) is 0 Å². The number of carbonyl (C=O) groups excluding carboxylic acids is 1. The molecular weight excluding hydrogens is 250 g/mol. The maximum atomic E-state index is 11.8. The summed E-state index contributed by atoms with van der Waals surface area (Å²) in [4.78, 5) is 13.5. The summed E-state index contributed by atoms with van der Waals surface area (Å²) in [6, 6.07) is 8.13. The number of rotatable bonds is 5. The summed E-state index contributed by atoms with van der Waals surface area (Å²) in [6.45, 7) is 5.60. The first-order chi connectivity index (χ1) is 9.56. The van der Waals surface area contributed by atoms with E-state index in [0.29, 0.717) is 18.9 Å². The molecule has 20 heavy (non-hydrogen) atoms. The van der Waals surface area contributed by atoms with E-state index in [4.69, 9.17) is 0 Å². The highest BCUT2D eigenvalue weighted by Crippen LogP contribution is 2.19. The molecule has 1 atom stereocenters. The standard InChI is InChI=1S/C17H25NO2/c1-13(2)11-14-6-8-15(9-7-14)16(19)12-18-10-4-3-5-17(18)20/h6-9,13,16,19H,3-5,10-12H2,1-2H3. The molecule has 0 aromatic heterocycles. The largest absolute Gasteiger partial charge is 0.387 e. The number of likely N-dealkylation sites (tertiary alicyclic amines) is 1. The molecule has 0 spiro atoms. The van der Waals surface area contributed by atoms with Gasteiger partial charge in [0.2, 0.25) is 5.91 Å². The molecule has 1 fully saturated rings. The summed E-state index contributed by atoms with van der Waals surface area (Å²) in [6.07, 6.45) is 3.13. The Morgan fingerprint density at radius 1 is 1.20 bits per heavy atom. The molecule has 1 aromatic rings. The van der Waals surface area contributed by atoms with E-state index in [1.807, 2.05) is 12.1 Å². The molecule has 1 heterocycles. The molecule has 110 valence electrons. The molecule has 3 nitrogen and oxygen atoms in total. The van der Waals surface area contributed by atoms with E-state index in [9.17, 15) is 9.90 Å². The quantitative estimate of drug-likeness (QED) is 0.897. The SMILES string of the molecule is CC(C)Cc1ccc(C(O)CN2CCCCC2=O)cc1. The summed E-state index contributed by atoms with van der Waals surface area (Å²) in [5.41, 5.74) is 2.20. The van der Waals surface area contributed by atoms with E-state index in [0.717, 1.165) is 31.4 Å². The number of carbonyl (C=O) groups is 1. The van der Waals surface area contributed by atoms with Crippen LogP contribution in [0, 0.1) is 5.92 Å². The molecule has 3 heteroatoms. The van der Waals surface area contributed by atoms with Gasteiger partial charge in [-0.25, -0.2) is 0 Å². The predicted octanol–water partition coefficient (Wildman–Crippen LogP) is 2.93. The van der Waals surface area contributed by atoms with E-state index in [-0.39, 0.29) is 5.91 Å². The number of β-amino-alcohol motifs (C(OH)–C–C–N with tert-alkyl or cyclic N) is 1. The van der Waals surface area contributed by atoms with Crippen molar-refractivity contribution in [3.63, 3.8) is 0 Å². The lowest BCUT2D eigenvalue weighted by atomic mass is 10.00. The third kappa shape index (κ3) is 4.07. The summed E-state index contributed by atoms with van der Waals surface area (Å²) in [7, 11) is 0. The lowest BCUT2D eigenvalue weighted by molar-refractivity contribution is -0.134. The van der Waals surface area contributed by atoms with Gasteiger partial charge in [0.25, 0.3) is 0 Å². The monoisotopic (exact) mass is 275 g/mol. The normalized spacial score (nSPS) is 17.6. The van der Waals surface area contributed by atoms with Crippen LogP contribution < -0.4 is 0 Å². The minimum atomic E-state index is -0.579. The molecule has 0 bridgehead atoms. The van der Waals surface area contributed by atoms with Crippen LogP contribution in [-0.2, 0) is 11.2 Å². The number of benzene rings is 1. The highest BCUT2D eigenvalue weighted by molar-refractivity contribution is 5.76. The van der Waals surface area contributed by atoms with Gasteiger partial charge >= 0.3 is 0 Å². The molecule has 1 aliphatic rings. The Labute approximate surface area is 121 Å². The number of hydrogen-bond donors (Lipinski definition) is 1. The van der Waals surface area contributed by atoms with Crippen LogP contribution in [0.3, 0.4) is 0 Å². The summed E-state index contributed by atoms with van der Waals surface area (Å²) < 4.78 is 0. The van der Waals surface area contributed by atoms with E-state index in [1.54, 1.807) is 4.90 Å². The van der Waals surface area contributed by atoms with Crippen LogP contribution in [-0.4, -0.2) is 29.0 Å². The van der Waals surface area contributed by atoms with Gasteiger partial charge in [-0.2, -0.15) is 0 Å². The van der Waals surface area contributed by atoms with Gasteiger partial charge < -0.3 is 10.0 Å². The molecule has 1 aliphatic heterocycles. The number of hydrogen-bond acceptors (Lipinski definition) is 2. The Balaban J connectivity index is 1.94. The molecule has 1 N–H and O–H groups in total. The third-order valence-corrected chi connectivity index (χ3v) is 3.82. The van der Waals surface area contributed by atoms with Gasteiger partial charge in [0.15, 0.2) is 0 Å². The number of nitrogens with zero attached hydrogens (tertiary/aromatic N) is 1. The van der Waals surface area contributed by atoms with Crippen LogP contribution >= 0.6 is 0 Å². The highest BCUT2D eigenvalue weighted by atomic mass is 16.3. The molecule has 1 amide bonds. The minimum absolute atomic E-state index is 0.173. The van der Waals surface area contributed by atoms with Crippen molar-refractivity contribution in [2.24, 2.45) is 5.92 Å². The Kier molecular flexibility index (Phi) is 5.18. The number of amides is 1. The fourth-order valence-corrected chi connectivity index (χ4v) is 2.72. The lowest BCUT2D eigenvalue weighted by Crippen LogP contribution is -2.38. The second-order valence-electron chi connectivity index (χ2n) is 6.15. The van der Waals surface area contributed by atoms with Gasteiger partial charge in [0.1, 0.15) is 0 Å². The van der Waals surface area contributed by atoms with Crippen molar-refractivity contribution in [2.45, 2.75) is 45.6 Å². The second kappa shape index (κ2) is 6.89. The van der Waals surface area contributed by atoms with Crippen molar-refractivity contribution in [1.82, 2.24) is 4.90 Å². The van der Waals surface area contributed by atoms with Gasteiger partial charge in [0.05, 0.1) is 12.6 Å². The molecule has 1 aromatic carbocycles. The molecular formula is C17H25NO2. The molecule has 2 rings (SSSR count). The fourth-order valence-electron chi connectivity index (χ4n) is 2.72. The molecule has 1 saturated heterocycles. The number of piperidine rings is 1. The lowest BCUT2D eigenvalue weighted by Gasteiger charge is -2.28. The molecule has 0 saturated carbocycles.